The number of ketones is 1. The van der Waals surface area contributed by atoms with Crippen LogP contribution in [0, 0.1) is 29.1 Å². The predicted molar refractivity (Wildman–Crippen MR) is 121 cm³/mol. The molecule has 0 saturated heterocycles. The van der Waals surface area contributed by atoms with Gasteiger partial charge in [-0.1, -0.05) is 24.5 Å². The van der Waals surface area contributed by atoms with Crippen LogP contribution >= 0.6 is 0 Å². The van der Waals surface area contributed by atoms with Gasteiger partial charge in [0.05, 0.1) is 0 Å². The van der Waals surface area contributed by atoms with Crippen molar-refractivity contribution in [3.63, 3.8) is 0 Å². The van der Waals surface area contributed by atoms with Crippen molar-refractivity contribution >= 4 is 5.78 Å². The molecule has 1 N–H and O–H groups in total. The van der Waals surface area contributed by atoms with Crippen LogP contribution in [0.25, 0.3) is 0 Å². The van der Waals surface area contributed by atoms with Gasteiger partial charge in [-0.25, -0.2) is 0 Å². The van der Waals surface area contributed by atoms with E-state index in [1.54, 1.807) is 0 Å². The van der Waals surface area contributed by atoms with Crippen LogP contribution in [0.1, 0.15) is 70.3 Å². The van der Waals surface area contributed by atoms with Gasteiger partial charge in [-0.3, -0.25) is 4.79 Å². The summed E-state index contributed by atoms with van der Waals surface area (Å²) < 4.78 is 11.3. The Bertz CT molecular complexity index is 1130. The molecule has 1 aromatic rings. The fraction of sp³-hybridized carbons (Fsp3) is 0.536. The third-order valence-corrected chi connectivity index (χ3v) is 9.02. The summed E-state index contributed by atoms with van der Waals surface area (Å²) in [6, 6.07) is 6.31. The van der Waals surface area contributed by atoms with Crippen LogP contribution in [0.2, 0.25) is 0 Å². The summed E-state index contributed by atoms with van der Waals surface area (Å²) in [4.78, 5) is 12.2. The molecule has 6 rings (SSSR count). The van der Waals surface area contributed by atoms with Crippen molar-refractivity contribution in [1.29, 1.82) is 0 Å². The maximum atomic E-state index is 12.2. The van der Waals surface area contributed by atoms with Crippen LogP contribution in [0.5, 0.6) is 11.5 Å². The minimum Gasteiger partial charge on any atom is -0.454 e. The highest BCUT2D eigenvalue weighted by molar-refractivity contribution is 5.93. The zero-order valence-corrected chi connectivity index (χ0v) is 18.9. The Kier molecular flexibility index (Phi) is 4.40. The second-order valence-electron chi connectivity index (χ2n) is 10.4. The van der Waals surface area contributed by atoms with Gasteiger partial charge in [-0.2, -0.15) is 0 Å². The van der Waals surface area contributed by atoms with Gasteiger partial charge in [-0.15, -0.1) is 5.92 Å². The van der Waals surface area contributed by atoms with Crippen molar-refractivity contribution in [3.05, 3.63) is 46.6 Å². The van der Waals surface area contributed by atoms with Crippen LogP contribution in [0.15, 0.2) is 41.0 Å². The topological polar surface area (TPSA) is 55.8 Å². The molecule has 0 spiro atoms. The number of fused-ring (bicyclic) bond motifs is 5. The number of aliphatic hydroxyl groups is 1. The summed E-state index contributed by atoms with van der Waals surface area (Å²) in [6.07, 6.45) is 7.98. The highest BCUT2D eigenvalue weighted by atomic mass is 16.7. The van der Waals surface area contributed by atoms with E-state index in [-0.39, 0.29) is 23.9 Å². The lowest BCUT2D eigenvalue weighted by Crippen LogP contribution is -2.51. The number of rotatable bonds is 1. The van der Waals surface area contributed by atoms with Gasteiger partial charge in [-0.05, 0) is 92.2 Å². The Morgan fingerprint density at radius 1 is 1.12 bits per heavy atom. The molecule has 1 heterocycles. The summed E-state index contributed by atoms with van der Waals surface area (Å²) in [5.41, 5.74) is 4.20. The fourth-order valence-electron chi connectivity index (χ4n) is 7.51. The monoisotopic (exact) mass is 430 g/mol. The first-order valence-electron chi connectivity index (χ1n) is 12.0. The number of ether oxygens (including phenoxy) is 2. The van der Waals surface area contributed by atoms with E-state index < -0.39 is 5.60 Å². The molecule has 5 aliphatic rings. The Morgan fingerprint density at radius 3 is 2.81 bits per heavy atom. The van der Waals surface area contributed by atoms with Gasteiger partial charge < -0.3 is 14.6 Å². The molecule has 0 bridgehead atoms. The quantitative estimate of drug-likeness (QED) is 0.632. The minimum atomic E-state index is -0.949. The highest BCUT2D eigenvalue weighted by Gasteiger charge is 2.62. The first-order chi connectivity index (χ1) is 15.4. The lowest BCUT2D eigenvalue weighted by atomic mass is 9.51. The Labute approximate surface area is 189 Å². The SMILES string of the molecule is CC#C[C@]1(O)CCC2C3CCC4=CC(=O)CCC4=C3[C@@H](c3ccc4c(c3)OCO4)C[C@@]21C. The predicted octanol–water partition coefficient (Wildman–Crippen LogP) is 5.07. The van der Waals surface area contributed by atoms with Gasteiger partial charge in [0.25, 0.3) is 0 Å². The molecule has 4 heteroatoms. The summed E-state index contributed by atoms with van der Waals surface area (Å²) in [5, 5.41) is 11.7. The molecule has 4 aliphatic carbocycles. The molecule has 0 amide bonds. The van der Waals surface area contributed by atoms with Gasteiger partial charge >= 0.3 is 0 Å². The highest BCUT2D eigenvalue weighted by Crippen LogP contribution is 2.66. The van der Waals surface area contributed by atoms with E-state index in [1.165, 1.54) is 22.3 Å². The van der Waals surface area contributed by atoms with E-state index in [0.717, 1.165) is 50.0 Å². The van der Waals surface area contributed by atoms with Crippen molar-refractivity contribution in [3.8, 4) is 23.3 Å². The molecular formula is C28H30O4. The number of carbonyl (C=O) groups is 1. The maximum Gasteiger partial charge on any atom is 0.231 e. The summed E-state index contributed by atoms with van der Waals surface area (Å²) in [6.45, 7) is 4.36. The van der Waals surface area contributed by atoms with Gasteiger partial charge in [0.2, 0.25) is 6.79 Å². The lowest BCUT2D eigenvalue weighted by molar-refractivity contribution is -0.114. The van der Waals surface area contributed by atoms with Crippen molar-refractivity contribution in [1.82, 2.24) is 0 Å². The maximum absolute atomic E-state index is 12.2. The molecule has 32 heavy (non-hydrogen) atoms. The van der Waals surface area contributed by atoms with Crippen molar-refractivity contribution in [2.24, 2.45) is 17.3 Å². The van der Waals surface area contributed by atoms with E-state index in [9.17, 15) is 9.90 Å². The first kappa shape index (κ1) is 20.1. The molecule has 2 fully saturated rings. The zero-order chi connectivity index (χ0) is 22.1. The van der Waals surface area contributed by atoms with Gasteiger partial charge in [0.1, 0.15) is 5.60 Å². The molecule has 1 aromatic carbocycles. The lowest BCUT2D eigenvalue weighted by Gasteiger charge is -2.53. The summed E-state index contributed by atoms with van der Waals surface area (Å²) in [7, 11) is 0. The Hall–Kier alpha value is -2.51. The smallest absolute Gasteiger partial charge is 0.231 e. The number of benzene rings is 1. The normalized spacial score (nSPS) is 37.2. The largest absolute Gasteiger partial charge is 0.454 e. The molecule has 2 unspecified atom stereocenters. The van der Waals surface area contributed by atoms with E-state index in [4.69, 9.17) is 9.47 Å². The molecule has 1 aliphatic heterocycles. The number of carbonyl (C=O) groups excluding carboxylic acids is 1. The molecule has 0 aromatic heterocycles. The second-order valence-corrected chi connectivity index (χ2v) is 10.4. The molecule has 2 saturated carbocycles. The molecular weight excluding hydrogens is 400 g/mol. The first-order valence-corrected chi connectivity index (χ1v) is 12.0. The Morgan fingerprint density at radius 2 is 1.97 bits per heavy atom. The van der Waals surface area contributed by atoms with Crippen molar-refractivity contribution < 1.29 is 19.4 Å². The Balaban J connectivity index is 1.54. The average molecular weight is 431 g/mol. The summed E-state index contributed by atoms with van der Waals surface area (Å²) in [5.74, 6) is 9.14. The van der Waals surface area contributed by atoms with Crippen LogP contribution in [-0.4, -0.2) is 23.3 Å². The number of allylic oxidation sites excluding steroid dienone is 4. The molecule has 0 radical (unpaired) electrons. The number of hydrogen-bond donors (Lipinski definition) is 1. The molecule has 166 valence electrons. The summed E-state index contributed by atoms with van der Waals surface area (Å²) >= 11 is 0. The average Bonchev–Trinajstić information content (AvgIpc) is 3.35. The zero-order valence-electron chi connectivity index (χ0n) is 18.9. The third-order valence-electron chi connectivity index (χ3n) is 9.02. The van der Waals surface area contributed by atoms with Gasteiger partial charge in [0, 0.05) is 17.8 Å². The van der Waals surface area contributed by atoms with Crippen LogP contribution in [-0.2, 0) is 4.79 Å². The van der Waals surface area contributed by atoms with E-state index in [1.807, 2.05) is 19.1 Å². The van der Waals surface area contributed by atoms with Crippen molar-refractivity contribution in [2.45, 2.75) is 70.3 Å². The van der Waals surface area contributed by atoms with Gasteiger partial charge in [0.15, 0.2) is 17.3 Å². The van der Waals surface area contributed by atoms with E-state index in [0.29, 0.717) is 18.3 Å². The van der Waals surface area contributed by atoms with E-state index in [2.05, 4.69) is 30.9 Å². The van der Waals surface area contributed by atoms with Crippen molar-refractivity contribution in [2.75, 3.05) is 6.79 Å². The van der Waals surface area contributed by atoms with E-state index >= 15 is 0 Å². The second kappa shape index (κ2) is 6.99. The minimum absolute atomic E-state index is 0.186. The van der Waals surface area contributed by atoms with Crippen LogP contribution in [0.4, 0.5) is 0 Å². The van der Waals surface area contributed by atoms with Crippen LogP contribution in [0.3, 0.4) is 0 Å². The van der Waals surface area contributed by atoms with Crippen LogP contribution < -0.4 is 9.47 Å². The molecule has 4 nitrogen and oxygen atoms in total. The third kappa shape index (κ3) is 2.70. The fourth-order valence-corrected chi connectivity index (χ4v) is 7.51. The number of hydrogen-bond acceptors (Lipinski definition) is 4. The molecule has 5 atom stereocenters. The standard InChI is InChI=1S/C28H30O4/c1-3-11-28(30)12-10-23-21-7-4-17-13-19(29)6-8-20(17)26(21)22(15-27(23,28)2)18-5-9-24-25(14-18)32-16-31-24/h5,9,13-14,21-23,30H,4,6-8,10,12,15-16H2,1-2H3/t21?,22-,23?,27+,28+/m1/s1.